The Hall–Kier alpha value is -1.55. The molecular formula is C15H14Cl2N2O. The summed E-state index contributed by atoms with van der Waals surface area (Å²) < 4.78 is 0. The Morgan fingerprint density at radius 3 is 2.50 bits per heavy atom. The lowest BCUT2D eigenvalue weighted by molar-refractivity contribution is 0.0951. The van der Waals surface area contributed by atoms with Crippen molar-refractivity contribution in [2.75, 3.05) is 0 Å². The van der Waals surface area contributed by atoms with Crippen molar-refractivity contribution in [1.29, 1.82) is 0 Å². The van der Waals surface area contributed by atoms with Gasteiger partial charge in [-0.3, -0.25) is 4.79 Å². The second-order valence-electron chi connectivity index (χ2n) is 4.28. The highest BCUT2D eigenvalue weighted by Crippen LogP contribution is 2.20. The molecule has 0 unspecified atom stereocenters. The van der Waals surface area contributed by atoms with Gasteiger partial charge < -0.3 is 11.1 Å². The first-order valence-electron chi connectivity index (χ1n) is 6.12. The molecule has 0 aliphatic rings. The van der Waals surface area contributed by atoms with Crippen LogP contribution in [-0.4, -0.2) is 5.91 Å². The Morgan fingerprint density at radius 1 is 1.10 bits per heavy atom. The topological polar surface area (TPSA) is 55.1 Å². The van der Waals surface area contributed by atoms with E-state index in [0.29, 0.717) is 28.7 Å². The van der Waals surface area contributed by atoms with Crippen molar-refractivity contribution < 1.29 is 4.79 Å². The van der Waals surface area contributed by atoms with Gasteiger partial charge in [-0.15, -0.1) is 0 Å². The smallest absolute Gasteiger partial charge is 0.253 e. The van der Waals surface area contributed by atoms with E-state index < -0.39 is 0 Å². The van der Waals surface area contributed by atoms with Crippen LogP contribution < -0.4 is 11.1 Å². The van der Waals surface area contributed by atoms with Gasteiger partial charge in [-0.25, -0.2) is 0 Å². The quantitative estimate of drug-likeness (QED) is 0.909. The summed E-state index contributed by atoms with van der Waals surface area (Å²) >= 11 is 11.9. The molecular weight excluding hydrogens is 295 g/mol. The molecule has 3 N–H and O–H groups in total. The maximum Gasteiger partial charge on any atom is 0.253 e. The van der Waals surface area contributed by atoms with E-state index in [2.05, 4.69) is 5.32 Å². The summed E-state index contributed by atoms with van der Waals surface area (Å²) in [7, 11) is 0. The van der Waals surface area contributed by atoms with Crippen LogP contribution in [0.5, 0.6) is 0 Å². The molecule has 3 nitrogen and oxygen atoms in total. The van der Waals surface area contributed by atoms with E-state index in [1.54, 1.807) is 18.2 Å². The van der Waals surface area contributed by atoms with Crippen LogP contribution >= 0.6 is 23.2 Å². The lowest BCUT2D eigenvalue weighted by Gasteiger charge is -2.10. The van der Waals surface area contributed by atoms with Gasteiger partial charge in [0.1, 0.15) is 0 Å². The van der Waals surface area contributed by atoms with Crippen LogP contribution in [0.3, 0.4) is 0 Å². The van der Waals surface area contributed by atoms with E-state index in [1.165, 1.54) is 0 Å². The van der Waals surface area contributed by atoms with Gasteiger partial charge in [0, 0.05) is 18.1 Å². The van der Waals surface area contributed by atoms with E-state index in [-0.39, 0.29) is 5.91 Å². The van der Waals surface area contributed by atoms with E-state index in [1.807, 2.05) is 24.3 Å². The zero-order valence-corrected chi connectivity index (χ0v) is 12.2. The van der Waals surface area contributed by atoms with Crippen LogP contribution in [0.1, 0.15) is 21.5 Å². The number of carbonyl (C=O) groups excluding carboxylic acids is 1. The van der Waals surface area contributed by atoms with Crippen LogP contribution in [0.25, 0.3) is 0 Å². The first-order chi connectivity index (χ1) is 9.61. The Bertz CT molecular complexity index is 629. The van der Waals surface area contributed by atoms with Crippen LogP contribution in [0.4, 0.5) is 0 Å². The molecule has 0 radical (unpaired) electrons. The number of benzene rings is 2. The molecule has 0 bridgehead atoms. The van der Waals surface area contributed by atoms with E-state index in [9.17, 15) is 4.79 Å². The van der Waals surface area contributed by atoms with Gasteiger partial charge in [0.15, 0.2) is 0 Å². The van der Waals surface area contributed by atoms with Crippen molar-refractivity contribution in [3.05, 3.63) is 69.2 Å². The molecule has 2 aromatic carbocycles. The molecule has 2 rings (SSSR count). The molecule has 104 valence electrons. The summed E-state index contributed by atoms with van der Waals surface area (Å²) in [5.41, 5.74) is 8.02. The molecule has 20 heavy (non-hydrogen) atoms. The Balaban J connectivity index is 2.11. The number of nitrogens with one attached hydrogen (secondary N) is 1. The highest BCUT2D eigenvalue weighted by Gasteiger charge is 2.11. The third kappa shape index (κ3) is 3.51. The van der Waals surface area contributed by atoms with Crippen molar-refractivity contribution >= 4 is 29.1 Å². The third-order valence-electron chi connectivity index (χ3n) is 2.95. The van der Waals surface area contributed by atoms with E-state index >= 15 is 0 Å². The first-order valence-corrected chi connectivity index (χ1v) is 6.87. The van der Waals surface area contributed by atoms with E-state index in [0.717, 1.165) is 11.1 Å². The van der Waals surface area contributed by atoms with Gasteiger partial charge in [-0.05, 0) is 29.3 Å². The molecule has 0 heterocycles. The molecule has 0 aliphatic carbocycles. The van der Waals surface area contributed by atoms with Crippen molar-refractivity contribution in [2.45, 2.75) is 13.1 Å². The minimum absolute atomic E-state index is 0.260. The number of hydrogen-bond donors (Lipinski definition) is 2. The number of rotatable bonds is 4. The first kappa shape index (κ1) is 14.9. The van der Waals surface area contributed by atoms with Gasteiger partial charge in [0.05, 0.1) is 10.6 Å². The van der Waals surface area contributed by atoms with Gasteiger partial charge >= 0.3 is 0 Å². The number of nitrogens with two attached hydrogens (primary N) is 1. The minimum atomic E-state index is -0.260. The molecule has 0 fully saturated rings. The average Bonchev–Trinajstić information content (AvgIpc) is 2.47. The molecule has 0 aliphatic heterocycles. The zero-order chi connectivity index (χ0) is 14.5. The number of amides is 1. The summed E-state index contributed by atoms with van der Waals surface area (Å²) in [5.74, 6) is -0.260. The summed E-state index contributed by atoms with van der Waals surface area (Å²) in [4.78, 5) is 12.1. The van der Waals surface area contributed by atoms with Crippen LogP contribution in [0.15, 0.2) is 42.5 Å². The average molecular weight is 309 g/mol. The standard InChI is InChI=1S/C15H14Cl2N2O/c16-12-5-6-14(17)13(7-12)15(20)19-9-11-4-2-1-3-10(11)8-18/h1-7H,8-9,18H2,(H,19,20). The molecule has 1 amide bonds. The van der Waals surface area contributed by atoms with E-state index in [4.69, 9.17) is 28.9 Å². The lowest BCUT2D eigenvalue weighted by Crippen LogP contribution is -2.24. The summed E-state index contributed by atoms with van der Waals surface area (Å²) in [6.07, 6.45) is 0. The molecule has 0 aromatic heterocycles. The van der Waals surface area contributed by atoms with Crippen LogP contribution in [-0.2, 0) is 13.1 Å². The predicted molar refractivity (Wildman–Crippen MR) is 82.0 cm³/mol. The fourth-order valence-electron chi connectivity index (χ4n) is 1.87. The highest BCUT2D eigenvalue weighted by atomic mass is 35.5. The van der Waals surface area contributed by atoms with Crippen LogP contribution in [0, 0.1) is 0 Å². The highest BCUT2D eigenvalue weighted by molar-refractivity contribution is 6.35. The summed E-state index contributed by atoms with van der Waals surface area (Å²) in [6, 6.07) is 12.5. The third-order valence-corrected chi connectivity index (χ3v) is 3.52. The molecule has 0 saturated carbocycles. The summed E-state index contributed by atoms with van der Waals surface area (Å²) in [6.45, 7) is 0.832. The molecule has 2 aromatic rings. The van der Waals surface area contributed by atoms with Crippen molar-refractivity contribution in [1.82, 2.24) is 5.32 Å². The maximum absolute atomic E-state index is 12.1. The van der Waals surface area contributed by atoms with Gasteiger partial charge in [0.25, 0.3) is 5.91 Å². The Morgan fingerprint density at radius 2 is 1.80 bits per heavy atom. The number of halogens is 2. The number of hydrogen-bond acceptors (Lipinski definition) is 2. The monoisotopic (exact) mass is 308 g/mol. The Labute approximate surface area is 127 Å². The van der Waals surface area contributed by atoms with Crippen molar-refractivity contribution in [2.24, 2.45) is 5.73 Å². The number of carbonyl (C=O) groups is 1. The largest absolute Gasteiger partial charge is 0.348 e. The summed E-state index contributed by atoms with van der Waals surface area (Å²) in [5, 5.41) is 3.67. The molecule has 5 heteroatoms. The zero-order valence-electron chi connectivity index (χ0n) is 10.7. The SMILES string of the molecule is NCc1ccccc1CNC(=O)c1cc(Cl)ccc1Cl. The Kier molecular flexibility index (Phi) is 5.01. The van der Waals surface area contributed by atoms with Crippen LogP contribution in [0.2, 0.25) is 10.0 Å². The van der Waals surface area contributed by atoms with Crippen molar-refractivity contribution in [3.63, 3.8) is 0 Å². The molecule has 0 atom stereocenters. The predicted octanol–water partition coefficient (Wildman–Crippen LogP) is 3.38. The minimum Gasteiger partial charge on any atom is -0.348 e. The fraction of sp³-hybridized carbons (Fsp3) is 0.133. The van der Waals surface area contributed by atoms with Gasteiger partial charge in [-0.1, -0.05) is 47.5 Å². The second kappa shape index (κ2) is 6.75. The molecule has 0 saturated heterocycles. The lowest BCUT2D eigenvalue weighted by atomic mass is 10.1. The van der Waals surface area contributed by atoms with Crippen molar-refractivity contribution in [3.8, 4) is 0 Å². The van der Waals surface area contributed by atoms with Gasteiger partial charge in [0.2, 0.25) is 0 Å². The maximum atomic E-state index is 12.1. The van der Waals surface area contributed by atoms with Gasteiger partial charge in [-0.2, -0.15) is 0 Å². The normalized spacial score (nSPS) is 10.3. The second-order valence-corrected chi connectivity index (χ2v) is 5.12. The molecule has 0 spiro atoms. The fourth-order valence-corrected chi connectivity index (χ4v) is 2.25.